The lowest BCUT2D eigenvalue weighted by Crippen LogP contribution is -2.37. The van der Waals surface area contributed by atoms with Gasteiger partial charge in [0.25, 0.3) is 0 Å². The largest absolute Gasteiger partial charge is 0.249 e. The number of pyridine rings is 1. The van der Waals surface area contributed by atoms with Gasteiger partial charge in [0.05, 0.1) is 11.0 Å². The van der Waals surface area contributed by atoms with E-state index in [2.05, 4.69) is 45.4 Å². The van der Waals surface area contributed by atoms with Gasteiger partial charge in [-0.15, -0.1) is 9.24 Å². The van der Waals surface area contributed by atoms with E-state index in [1.54, 1.807) is 0 Å². The van der Waals surface area contributed by atoms with Gasteiger partial charge in [0.2, 0.25) is 0 Å². The molecule has 0 bridgehead atoms. The molecule has 0 aliphatic carbocycles. The molecule has 1 rings (SSSR count). The summed E-state index contributed by atoms with van der Waals surface area (Å²) in [4.78, 5) is 4.57. The highest BCUT2D eigenvalue weighted by Gasteiger charge is 1.95. The molecular formula is C13H18NP. The van der Waals surface area contributed by atoms with Gasteiger partial charge < -0.3 is 0 Å². The van der Waals surface area contributed by atoms with Crippen molar-refractivity contribution in [3.05, 3.63) is 28.4 Å². The summed E-state index contributed by atoms with van der Waals surface area (Å²) in [6, 6.07) is 2.10. The van der Waals surface area contributed by atoms with Crippen LogP contribution in [0, 0.1) is 0 Å². The molecule has 2 heteroatoms. The maximum Gasteiger partial charge on any atom is 0.0669 e. The summed E-state index contributed by atoms with van der Waals surface area (Å²) in [5.41, 5.74) is 1.03. The van der Waals surface area contributed by atoms with Crippen LogP contribution in [0.25, 0.3) is 18.2 Å². The second-order valence-corrected chi connectivity index (χ2v) is 3.95. The summed E-state index contributed by atoms with van der Waals surface area (Å²) >= 11 is 0. The van der Waals surface area contributed by atoms with Crippen LogP contribution in [0.3, 0.4) is 0 Å². The fourth-order valence-corrected chi connectivity index (χ4v) is 1.96. The maximum absolute atomic E-state index is 4.57. The topological polar surface area (TPSA) is 12.9 Å². The quantitative estimate of drug-likeness (QED) is 0.689. The van der Waals surface area contributed by atoms with E-state index in [0.717, 1.165) is 17.5 Å². The first-order chi connectivity index (χ1) is 7.22. The lowest BCUT2D eigenvalue weighted by molar-refractivity contribution is 1.19. The Balaban J connectivity index is 3.41. The van der Waals surface area contributed by atoms with E-state index in [1.807, 2.05) is 19.9 Å². The molecule has 1 aromatic heterocycles. The molecule has 80 valence electrons. The van der Waals surface area contributed by atoms with Crippen LogP contribution in [0.1, 0.15) is 32.9 Å². The van der Waals surface area contributed by atoms with Gasteiger partial charge in [-0.2, -0.15) is 0 Å². The van der Waals surface area contributed by atoms with E-state index in [-0.39, 0.29) is 0 Å². The van der Waals surface area contributed by atoms with Crippen LogP contribution < -0.4 is 15.9 Å². The first kappa shape index (κ1) is 12.1. The minimum atomic E-state index is 1.03. The van der Waals surface area contributed by atoms with Gasteiger partial charge in [-0.25, -0.2) is 4.98 Å². The Morgan fingerprint density at radius 1 is 1.33 bits per heavy atom. The third kappa shape index (κ3) is 3.00. The fourth-order valence-electron chi connectivity index (χ4n) is 1.48. The van der Waals surface area contributed by atoms with Crippen molar-refractivity contribution in [1.82, 2.24) is 4.98 Å². The lowest BCUT2D eigenvalue weighted by Gasteiger charge is -1.99. The molecule has 1 atom stereocenters. The normalized spacial score (nSPS) is 14.1. The van der Waals surface area contributed by atoms with Crippen LogP contribution in [-0.4, -0.2) is 4.98 Å². The van der Waals surface area contributed by atoms with Gasteiger partial charge in [0.15, 0.2) is 0 Å². The molecule has 0 fully saturated rings. The Kier molecular flexibility index (Phi) is 4.71. The van der Waals surface area contributed by atoms with Gasteiger partial charge in [-0.3, -0.25) is 0 Å². The zero-order valence-electron chi connectivity index (χ0n) is 9.62. The maximum atomic E-state index is 4.57. The SMILES string of the molecule is C/C=c1/nc(/C=C/CC)cc(P)/c1=C/C. The van der Waals surface area contributed by atoms with Crippen molar-refractivity contribution >= 4 is 32.8 Å². The van der Waals surface area contributed by atoms with Crippen molar-refractivity contribution in [3.8, 4) is 0 Å². The van der Waals surface area contributed by atoms with E-state index in [4.69, 9.17) is 0 Å². The zero-order chi connectivity index (χ0) is 11.3. The Hall–Kier alpha value is -0.940. The summed E-state index contributed by atoms with van der Waals surface area (Å²) in [6.45, 7) is 6.19. The summed E-state index contributed by atoms with van der Waals surface area (Å²) in [7, 11) is 2.77. The van der Waals surface area contributed by atoms with Crippen molar-refractivity contribution in [2.45, 2.75) is 27.2 Å². The molecule has 0 radical (unpaired) electrons. The average Bonchev–Trinajstić information content (AvgIpc) is 2.25. The number of nitrogens with zero attached hydrogens (tertiary/aromatic N) is 1. The summed E-state index contributed by atoms with van der Waals surface area (Å²) in [6.07, 6.45) is 9.38. The first-order valence-corrected chi connectivity index (χ1v) is 5.86. The number of hydrogen-bond donors (Lipinski definition) is 0. The lowest BCUT2D eigenvalue weighted by atomic mass is 10.2. The first-order valence-electron chi connectivity index (χ1n) is 5.28. The van der Waals surface area contributed by atoms with Crippen LogP contribution in [0.4, 0.5) is 0 Å². The van der Waals surface area contributed by atoms with Crippen molar-refractivity contribution in [1.29, 1.82) is 0 Å². The van der Waals surface area contributed by atoms with Crippen LogP contribution >= 0.6 is 9.24 Å². The highest BCUT2D eigenvalue weighted by Crippen LogP contribution is 1.94. The molecule has 0 spiro atoms. The molecule has 15 heavy (non-hydrogen) atoms. The second-order valence-electron chi connectivity index (χ2n) is 3.32. The molecule has 1 heterocycles. The van der Waals surface area contributed by atoms with Crippen LogP contribution in [0.2, 0.25) is 0 Å². The van der Waals surface area contributed by atoms with Gasteiger partial charge in [-0.05, 0) is 37.7 Å². The van der Waals surface area contributed by atoms with E-state index < -0.39 is 0 Å². The molecule has 0 saturated heterocycles. The number of rotatable bonds is 2. The Labute approximate surface area is 93.8 Å². The molecule has 0 aromatic carbocycles. The minimum Gasteiger partial charge on any atom is -0.249 e. The van der Waals surface area contributed by atoms with Gasteiger partial charge in [0.1, 0.15) is 0 Å². The summed E-state index contributed by atoms with van der Waals surface area (Å²) in [5, 5.41) is 3.47. The Morgan fingerprint density at radius 2 is 2.07 bits per heavy atom. The minimum absolute atomic E-state index is 1.03. The fraction of sp³-hybridized carbons (Fsp3) is 0.308. The zero-order valence-corrected chi connectivity index (χ0v) is 10.8. The predicted molar refractivity (Wildman–Crippen MR) is 72.4 cm³/mol. The number of allylic oxidation sites excluding steroid dienone is 1. The molecule has 0 aliphatic rings. The summed E-state index contributed by atoms with van der Waals surface area (Å²) in [5.74, 6) is 0. The Morgan fingerprint density at radius 3 is 2.60 bits per heavy atom. The molecule has 1 aromatic rings. The average molecular weight is 219 g/mol. The molecular weight excluding hydrogens is 201 g/mol. The molecule has 0 amide bonds. The van der Waals surface area contributed by atoms with Crippen molar-refractivity contribution in [3.63, 3.8) is 0 Å². The standard InChI is InChI=1S/C13H18NP/c1-4-7-8-10-9-13(15)11(5-2)12(6-3)14-10/h5-9H,4,15H2,1-3H3/b8-7+,11-5+,12-6+. The molecule has 0 N–H and O–H groups in total. The van der Waals surface area contributed by atoms with Crippen molar-refractivity contribution in [2.24, 2.45) is 0 Å². The van der Waals surface area contributed by atoms with E-state index >= 15 is 0 Å². The number of aromatic nitrogens is 1. The van der Waals surface area contributed by atoms with E-state index in [9.17, 15) is 0 Å². The van der Waals surface area contributed by atoms with Crippen LogP contribution in [-0.2, 0) is 0 Å². The predicted octanol–water partition coefficient (Wildman–Crippen LogP) is 1.61. The summed E-state index contributed by atoms with van der Waals surface area (Å²) < 4.78 is 0. The Bertz CT molecular complexity index is 472. The van der Waals surface area contributed by atoms with E-state index in [0.29, 0.717) is 0 Å². The highest BCUT2D eigenvalue weighted by atomic mass is 31.0. The highest BCUT2D eigenvalue weighted by molar-refractivity contribution is 7.27. The molecule has 0 aliphatic heterocycles. The van der Waals surface area contributed by atoms with Crippen LogP contribution in [0.5, 0.6) is 0 Å². The monoisotopic (exact) mass is 219 g/mol. The van der Waals surface area contributed by atoms with Crippen LogP contribution in [0.15, 0.2) is 12.1 Å². The van der Waals surface area contributed by atoms with Gasteiger partial charge >= 0.3 is 0 Å². The van der Waals surface area contributed by atoms with Crippen molar-refractivity contribution < 1.29 is 0 Å². The van der Waals surface area contributed by atoms with E-state index in [1.165, 1.54) is 10.5 Å². The second kappa shape index (κ2) is 5.82. The molecule has 0 saturated carbocycles. The van der Waals surface area contributed by atoms with Crippen molar-refractivity contribution in [2.75, 3.05) is 0 Å². The third-order valence-electron chi connectivity index (χ3n) is 2.23. The molecule has 1 unspecified atom stereocenters. The van der Waals surface area contributed by atoms with Gasteiger partial charge in [0, 0.05) is 5.22 Å². The number of hydrogen-bond acceptors (Lipinski definition) is 1. The molecule has 1 nitrogen and oxygen atoms in total. The smallest absolute Gasteiger partial charge is 0.0669 e. The third-order valence-corrected chi connectivity index (χ3v) is 2.70. The van der Waals surface area contributed by atoms with Gasteiger partial charge in [-0.1, -0.05) is 25.2 Å².